The lowest BCUT2D eigenvalue weighted by Crippen LogP contribution is -2.39. The molecule has 1 aromatic heterocycles. The molecule has 2 heterocycles. The number of ether oxygens (including phenoxy) is 1. The summed E-state index contributed by atoms with van der Waals surface area (Å²) in [4.78, 5) is 33.4. The summed E-state index contributed by atoms with van der Waals surface area (Å²) in [6, 6.07) is 12.7. The molecule has 1 aliphatic rings. The first-order chi connectivity index (χ1) is 13.6. The number of amides is 1. The minimum absolute atomic E-state index is 0.00290. The largest absolute Gasteiger partial charge is 0.465 e. The first-order valence-corrected chi connectivity index (χ1v) is 9.64. The average Bonchev–Trinajstić information content (AvgIpc) is 3.25. The number of esters is 1. The van der Waals surface area contributed by atoms with Gasteiger partial charge in [0, 0.05) is 19.8 Å². The van der Waals surface area contributed by atoms with Crippen LogP contribution in [-0.2, 0) is 16.0 Å². The summed E-state index contributed by atoms with van der Waals surface area (Å²) in [7, 11) is 3.19. The molecule has 1 saturated heterocycles. The molecular formula is C22H27N3O3. The number of hydrogen-bond acceptors (Lipinski definition) is 5. The Hall–Kier alpha value is -2.73. The van der Waals surface area contributed by atoms with E-state index in [9.17, 15) is 9.59 Å². The SMILES string of the molecule is COC(=O)c1cccc(CC(=O)N(C)C(CN2CCCC2)c2ccccn2)c1. The van der Waals surface area contributed by atoms with E-state index in [0.29, 0.717) is 5.56 Å². The van der Waals surface area contributed by atoms with Gasteiger partial charge >= 0.3 is 5.97 Å². The Morgan fingerprint density at radius 2 is 1.96 bits per heavy atom. The van der Waals surface area contributed by atoms with Crippen LogP contribution in [0.4, 0.5) is 0 Å². The number of benzene rings is 1. The van der Waals surface area contributed by atoms with Gasteiger partial charge in [-0.2, -0.15) is 0 Å². The van der Waals surface area contributed by atoms with Gasteiger partial charge in [-0.25, -0.2) is 4.79 Å². The Balaban J connectivity index is 1.75. The van der Waals surface area contributed by atoms with E-state index in [1.807, 2.05) is 31.3 Å². The van der Waals surface area contributed by atoms with Crippen molar-refractivity contribution in [2.45, 2.75) is 25.3 Å². The molecule has 6 nitrogen and oxygen atoms in total. The topological polar surface area (TPSA) is 62.7 Å². The van der Waals surface area contributed by atoms with Crippen LogP contribution in [0.1, 0.15) is 40.5 Å². The minimum atomic E-state index is -0.400. The summed E-state index contributed by atoms with van der Waals surface area (Å²) < 4.78 is 4.77. The van der Waals surface area contributed by atoms with E-state index in [1.165, 1.54) is 20.0 Å². The molecule has 0 spiro atoms. The molecule has 3 rings (SSSR count). The van der Waals surface area contributed by atoms with Crippen LogP contribution in [0.3, 0.4) is 0 Å². The van der Waals surface area contributed by atoms with Crippen LogP contribution >= 0.6 is 0 Å². The molecule has 1 aliphatic heterocycles. The summed E-state index contributed by atoms with van der Waals surface area (Å²) in [5, 5.41) is 0. The van der Waals surface area contributed by atoms with Gasteiger partial charge in [-0.1, -0.05) is 18.2 Å². The Bertz CT molecular complexity index is 804. The summed E-state index contributed by atoms with van der Waals surface area (Å²) in [5.41, 5.74) is 2.14. The molecule has 0 saturated carbocycles. The predicted octanol–water partition coefficient (Wildman–Crippen LogP) is 2.71. The molecule has 1 aromatic carbocycles. The molecule has 6 heteroatoms. The third-order valence-corrected chi connectivity index (χ3v) is 5.22. The third kappa shape index (κ3) is 4.95. The fourth-order valence-electron chi connectivity index (χ4n) is 3.60. The minimum Gasteiger partial charge on any atom is -0.465 e. The number of likely N-dealkylation sites (N-methyl/N-ethyl adjacent to an activating group) is 1. The van der Waals surface area contributed by atoms with Crippen LogP contribution in [-0.4, -0.2) is 60.5 Å². The molecule has 148 valence electrons. The molecule has 1 fully saturated rings. The number of hydrogen-bond donors (Lipinski definition) is 0. The van der Waals surface area contributed by atoms with Gasteiger partial charge in [0.2, 0.25) is 5.91 Å². The average molecular weight is 381 g/mol. The van der Waals surface area contributed by atoms with Gasteiger partial charge < -0.3 is 14.5 Å². The Kier molecular flexibility index (Phi) is 6.76. The van der Waals surface area contributed by atoms with Gasteiger partial charge in [0.1, 0.15) is 0 Å². The van der Waals surface area contributed by atoms with E-state index in [4.69, 9.17) is 4.74 Å². The normalized spacial score (nSPS) is 15.2. The van der Waals surface area contributed by atoms with E-state index in [-0.39, 0.29) is 18.4 Å². The van der Waals surface area contributed by atoms with Gasteiger partial charge in [0.05, 0.1) is 30.8 Å². The van der Waals surface area contributed by atoms with Crippen LogP contribution < -0.4 is 0 Å². The number of rotatable bonds is 7. The summed E-state index contributed by atoms with van der Waals surface area (Å²) >= 11 is 0. The second-order valence-corrected chi connectivity index (χ2v) is 7.15. The Morgan fingerprint density at radius 1 is 1.18 bits per heavy atom. The van der Waals surface area contributed by atoms with Gasteiger partial charge in [-0.15, -0.1) is 0 Å². The molecule has 0 radical (unpaired) electrons. The van der Waals surface area contributed by atoms with Crippen molar-refractivity contribution < 1.29 is 14.3 Å². The number of likely N-dealkylation sites (tertiary alicyclic amines) is 1. The second kappa shape index (κ2) is 9.46. The third-order valence-electron chi connectivity index (χ3n) is 5.22. The maximum Gasteiger partial charge on any atom is 0.337 e. The van der Waals surface area contributed by atoms with Crippen molar-refractivity contribution in [1.29, 1.82) is 0 Å². The fraction of sp³-hybridized carbons (Fsp3) is 0.409. The van der Waals surface area contributed by atoms with E-state index < -0.39 is 5.97 Å². The zero-order valence-corrected chi connectivity index (χ0v) is 16.5. The first-order valence-electron chi connectivity index (χ1n) is 9.64. The number of aromatic nitrogens is 1. The van der Waals surface area contributed by atoms with Crippen molar-refractivity contribution in [3.63, 3.8) is 0 Å². The maximum absolute atomic E-state index is 13.0. The molecule has 1 amide bonds. The summed E-state index contributed by atoms with van der Waals surface area (Å²) in [5.74, 6) is -0.403. The van der Waals surface area contributed by atoms with Gasteiger partial charge in [-0.05, 0) is 55.8 Å². The van der Waals surface area contributed by atoms with Crippen LogP contribution in [0, 0.1) is 0 Å². The highest BCUT2D eigenvalue weighted by Gasteiger charge is 2.26. The number of pyridine rings is 1. The maximum atomic E-state index is 13.0. The second-order valence-electron chi connectivity index (χ2n) is 7.15. The lowest BCUT2D eigenvalue weighted by Gasteiger charge is -2.31. The van der Waals surface area contributed by atoms with Crippen molar-refractivity contribution in [2.24, 2.45) is 0 Å². The smallest absolute Gasteiger partial charge is 0.337 e. The lowest BCUT2D eigenvalue weighted by molar-refractivity contribution is -0.131. The number of nitrogens with zero attached hydrogens (tertiary/aromatic N) is 3. The summed E-state index contributed by atoms with van der Waals surface area (Å²) in [6.07, 6.45) is 4.40. The van der Waals surface area contributed by atoms with Crippen LogP contribution in [0.15, 0.2) is 48.7 Å². The van der Waals surface area contributed by atoms with Crippen molar-refractivity contribution in [3.05, 3.63) is 65.5 Å². The lowest BCUT2D eigenvalue weighted by atomic mass is 10.1. The van der Waals surface area contributed by atoms with Crippen molar-refractivity contribution >= 4 is 11.9 Å². The zero-order chi connectivity index (χ0) is 19.9. The monoisotopic (exact) mass is 381 g/mol. The summed E-state index contributed by atoms with van der Waals surface area (Å²) in [6.45, 7) is 2.90. The van der Waals surface area contributed by atoms with Crippen LogP contribution in [0.25, 0.3) is 0 Å². The zero-order valence-electron chi connectivity index (χ0n) is 16.5. The highest BCUT2D eigenvalue weighted by Crippen LogP contribution is 2.22. The van der Waals surface area contributed by atoms with Gasteiger partial charge in [-0.3, -0.25) is 9.78 Å². The number of carbonyl (C=O) groups excluding carboxylic acids is 2. The highest BCUT2D eigenvalue weighted by atomic mass is 16.5. The van der Waals surface area contributed by atoms with Crippen molar-refractivity contribution in [1.82, 2.24) is 14.8 Å². The molecule has 1 unspecified atom stereocenters. The van der Waals surface area contributed by atoms with Crippen molar-refractivity contribution in [3.8, 4) is 0 Å². The van der Waals surface area contributed by atoms with Crippen LogP contribution in [0.5, 0.6) is 0 Å². The van der Waals surface area contributed by atoms with Gasteiger partial charge in [0.25, 0.3) is 0 Å². The molecular weight excluding hydrogens is 354 g/mol. The quantitative estimate of drug-likeness (QED) is 0.690. The highest BCUT2D eigenvalue weighted by molar-refractivity contribution is 5.90. The number of carbonyl (C=O) groups is 2. The molecule has 1 atom stereocenters. The van der Waals surface area contributed by atoms with Crippen LogP contribution in [0.2, 0.25) is 0 Å². The predicted molar refractivity (Wildman–Crippen MR) is 107 cm³/mol. The van der Waals surface area contributed by atoms with E-state index in [2.05, 4.69) is 9.88 Å². The Morgan fingerprint density at radius 3 is 2.64 bits per heavy atom. The standard InChI is InChI=1S/C22H27N3O3/c1-24(21(26)15-17-8-7-9-18(14-17)22(27)28-2)20(16-25-12-5-6-13-25)19-10-3-4-11-23-19/h3-4,7-11,14,20H,5-6,12-13,15-16H2,1-2H3. The van der Waals surface area contributed by atoms with E-state index >= 15 is 0 Å². The number of methoxy groups -OCH3 is 1. The first kappa shape index (κ1) is 20.0. The van der Waals surface area contributed by atoms with E-state index in [0.717, 1.165) is 30.9 Å². The fourth-order valence-corrected chi connectivity index (χ4v) is 3.60. The van der Waals surface area contributed by atoms with E-state index in [1.54, 1.807) is 29.3 Å². The molecule has 2 aromatic rings. The molecule has 0 bridgehead atoms. The molecule has 28 heavy (non-hydrogen) atoms. The van der Waals surface area contributed by atoms with Crippen molar-refractivity contribution in [2.75, 3.05) is 33.8 Å². The Labute approximate surface area is 166 Å². The molecule has 0 aliphatic carbocycles. The van der Waals surface area contributed by atoms with Gasteiger partial charge in [0.15, 0.2) is 0 Å². The molecule has 0 N–H and O–H groups in total.